The van der Waals surface area contributed by atoms with E-state index < -0.39 is 9.84 Å². The summed E-state index contributed by atoms with van der Waals surface area (Å²) in [5.41, 5.74) is 1.56. The average molecular weight is 443 g/mol. The van der Waals surface area contributed by atoms with Crippen LogP contribution in [0.25, 0.3) is 0 Å². The van der Waals surface area contributed by atoms with Gasteiger partial charge in [0, 0.05) is 24.6 Å². The van der Waals surface area contributed by atoms with Gasteiger partial charge >= 0.3 is 0 Å². The number of aromatic nitrogens is 2. The highest BCUT2D eigenvalue weighted by molar-refractivity contribution is 7.90. The van der Waals surface area contributed by atoms with Gasteiger partial charge in [-0.15, -0.1) is 0 Å². The lowest BCUT2D eigenvalue weighted by molar-refractivity contribution is -0.116. The van der Waals surface area contributed by atoms with Crippen molar-refractivity contribution in [2.45, 2.75) is 30.4 Å². The molecule has 0 atom stereocenters. The van der Waals surface area contributed by atoms with E-state index in [9.17, 15) is 13.2 Å². The first kappa shape index (κ1) is 20.9. The molecule has 0 aliphatic carbocycles. The van der Waals surface area contributed by atoms with E-state index in [2.05, 4.69) is 15.5 Å². The zero-order valence-corrected chi connectivity index (χ0v) is 17.6. The molecule has 0 unspecified atom stereocenters. The fraction of sp³-hybridized carbons (Fsp3) is 0.286. The molecule has 0 fully saturated rings. The molecule has 4 rings (SSSR count). The van der Waals surface area contributed by atoms with Crippen LogP contribution in [0, 0.1) is 6.92 Å². The molecule has 1 aliphatic rings. The summed E-state index contributed by atoms with van der Waals surface area (Å²) in [6, 6.07) is 11.7. The summed E-state index contributed by atoms with van der Waals surface area (Å²) in [5, 5.41) is 6.50. The topological polar surface area (TPSA) is 121 Å². The fourth-order valence-corrected chi connectivity index (χ4v) is 4.19. The summed E-state index contributed by atoms with van der Waals surface area (Å²) in [4.78, 5) is 16.5. The van der Waals surface area contributed by atoms with Crippen molar-refractivity contribution in [3.05, 3.63) is 59.7 Å². The van der Waals surface area contributed by atoms with Crippen LogP contribution < -0.4 is 14.8 Å². The molecule has 1 amide bonds. The zero-order valence-electron chi connectivity index (χ0n) is 16.8. The molecule has 0 bridgehead atoms. The third-order valence-electron chi connectivity index (χ3n) is 4.60. The van der Waals surface area contributed by atoms with E-state index in [0.717, 1.165) is 5.56 Å². The molecule has 10 heteroatoms. The second-order valence-corrected chi connectivity index (χ2v) is 9.07. The van der Waals surface area contributed by atoms with Crippen molar-refractivity contribution < 1.29 is 27.2 Å². The number of nitrogens with zero attached hydrogens (tertiary/aromatic N) is 2. The number of carbonyl (C=O) groups excluding carboxylic acids is 1. The maximum absolute atomic E-state index is 12.5. The number of amides is 1. The summed E-state index contributed by atoms with van der Waals surface area (Å²) in [6.07, 6.45) is 0.286. The maximum atomic E-state index is 12.5. The Hall–Kier alpha value is -3.40. The van der Waals surface area contributed by atoms with Gasteiger partial charge in [0.05, 0.1) is 4.90 Å². The third-order valence-corrected chi connectivity index (χ3v) is 6.23. The second-order valence-electron chi connectivity index (χ2n) is 7.08. The minimum absolute atomic E-state index is 0.0582. The minimum atomic E-state index is -3.58. The van der Waals surface area contributed by atoms with Gasteiger partial charge in [0.2, 0.25) is 11.8 Å². The predicted molar refractivity (Wildman–Crippen MR) is 111 cm³/mol. The second kappa shape index (κ2) is 8.76. The van der Waals surface area contributed by atoms with Crippen molar-refractivity contribution in [3.63, 3.8) is 0 Å². The van der Waals surface area contributed by atoms with E-state index in [0.29, 0.717) is 30.4 Å². The first-order valence-electron chi connectivity index (χ1n) is 9.69. The number of hydrogen-bond donors (Lipinski definition) is 1. The van der Waals surface area contributed by atoms with Crippen LogP contribution in [-0.2, 0) is 26.8 Å². The van der Waals surface area contributed by atoms with E-state index in [1.54, 1.807) is 42.5 Å². The molecule has 2 heterocycles. The van der Waals surface area contributed by atoms with Gasteiger partial charge in [-0.1, -0.05) is 22.9 Å². The van der Waals surface area contributed by atoms with Gasteiger partial charge in [0.15, 0.2) is 27.2 Å². The monoisotopic (exact) mass is 443 g/mol. The lowest BCUT2D eigenvalue weighted by atomic mass is 10.2. The molecule has 31 heavy (non-hydrogen) atoms. The molecule has 9 nitrogen and oxygen atoms in total. The van der Waals surface area contributed by atoms with Crippen LogP contribution in [0.15, 0.2) is 51.9 Å². The highest BCUT2D eigenvalue weighted by Gasteiger charge is 2.20. The van der Waals surface area contributed by atoms with Crippen LogP contribution in [0.1, 0.15) is 23.7 Å². The number of aryl methyl sites for hydroxylation is 2. The zero-order chi connectivity index (χ0) is 21.8. The number of fused-ring (bicyclic) bond motifs is 1. The Labute approximate surface area is 179 Å². The summed E-state index contributed by atoms with van der Waals surface area (Å²) >= 11 is 0. The Balaban J connectivity index is 1.32. The van der Waals surface area contributed by atoms with Gasteiger partial charge in [-0.3, -0.25) is 4.79 Å². The molecule has 1 N–H and O–H groups in total. The molecule has 0 radical (unpaired) electrons. The van der Waals surface area contributed by atoms with Gasteiger partial charge in [-0.2, -0.15) is 4.98 Å². The fourth-order valence-electron chi connectivity index (χ4n) is 3.01. The molecule has 1 aliphatic heterocycles. The van der Waals surface area contributed by atoms with Crippen LogP contribution in [0.3, 0.4) is 0 Å². The van der Waals surface area contributed by atoms with Crippen molar-refractivity contribution in [1.29, 1.82) is 0 Å². The maximum Gasteiger partial charge on any atom is 0.227 e. The molecule has 0 saturated heterocycles. The van der Waals surface area contributed by atoms with Gasteiger partial charge in [0.25, 0.3) is 0 Å². The standard InChI is InChI=1S/C21H21N3O6S/c1-14-2-5-16(6-3-14)31(26,27)13-19-23-21(30-24-19)9-8-20(25)22-15-4-7-17-18(12-15)29-11-10-28-17/h2-7,12H,8-11,13H2,1H3,(H,22,25). The number of nitrogens with one attached hydrogen (secondary N) is 1. The highest BCUT2D eigenvalue weighted by Crippen LogP contribution is 2.32. The average Bonchev–Trinajstić information content (AvgIpc) is 3.19. The Morgan fingerprint density at radius 1 is 1.06 bits per heavy atom. The van der Waals surface area contributed by atoms with E-state index in [1.165, 1.54) is 0 Å². The van der Waals surface area contributed by atoms with Crippen LogP contribution in [-0.4, -0.2) is 37.7 Å². The van der Waals surface area contributed by atoms with Crippen LogP contribution in [0.2, 0.25) is 0 Å². The molecule has 0 spiro atoms. The lowest BCUT2D eigenvalue weighted by Gasteiger charge is -2.18. The first-order chi connectivity index (χ1) is 14.9. The SMILES string of the molecule is Cc1ccc(S(=O)(=O)Cc2noc(CCC(=O)Nc3ccc4c(c3)OCCO4)n2)cc1. The third kappa shape index (κ3) is 5.21. The Kier molecular flexibility index (Phi) is 5.90. The number of rotatable bonds is 7. The lowest BCUT2D eigenvalue weighted by Crippen LogP contribution is -2.16. The largest absolute Gasteiger partial charge is 0.486 e. The van der Waals surface area contributed by atoms with Crippen LogP contribution in [0.5, 0.6) is 11.5 Å². The summed E-state index contributed by atoms with van der Waals surface area (Å²) < 4.78 is 41.0. The molecule has 0 saturated carbocycles. The Bertz CT molecular complexity index is 1190. The van der Waals surface area contributed by atoms with E-state index in [1.807, 2.05) is 6.92 Å². The number of ether oxygens (including phenoxy) is 2. The van der Waals surface area contributed by atoms with E-state index in [4.69, 9.17) is 14.0 Å². The van der Waals surface area contributed by atoms with Crippen molar-refractivity contribution in [2.24, 2.45) is 0 Å². The quantitative estimate of drug-likeness (QED) is 0.592. The molecule has 1 aromatic heterocycles. The number of anilines is 1. The van der Waals surface area contributed by atoms with Crippen LogP contribution >= 0.6 is 0 Å². The molecular formula is C21H21N3O6S. The van der Waals surface area contributed by atoms with E-state index in [-0.39, 0.29) is 41.1 Å². The predicted octanol–water partition coefficient (Wildman–Crippen LogP) is 2.69. The van der Waals surface area contributed by atoms with Gasteiger partial charge in [0.1, 0.15) is 19.0 Å². The number of carbonyl (C=O) groups is 1. The Morgan fingerprint density at radius 2 is 1.81 bits per heavy atom. The molecule has 2 aromatic carbocycles. The van der Waals surface area contributed by atoms with Crippen molar-refractivity contribution in [3.8, 4) is 11.5 Å². The Morgan fingerprint density at radius 3 is 2.58 bits per heavy atom. The molecule has 162 valence electrons. The normalized spacial score (nSPS) is 13.1. The summed E-state index contributed by atoms with van der Waals surface area (Å²) in [6.45, 7) is 2.84. The van der Waals surface area contributed by atoms with E-state index >= 15 is 0 Å². The highest BCUT2D eigenvalue weighted by atomic mass is 32.2. The number of sulfone groups is 1. The molecule has 3 aromatic rings. The number of hydrogen-bond acceptors (Lipinski definition) is 8. The summed E-state index contributed by atoms with van der Waals surface area (Å²) in [7, 11) is -3.58. The van der Waals surface area contributed by atoms with Gasteiger partial charge in [-0.05, 0) is 31.2 Å². The van der Waals surface area contributed by atoms with Crippen LogP contribution in [0.4, 0.5) is 5.69 Å². The summed E-state index contributed by atoms with van der Waals surface area (Å²) in [5.74, 6) is 0.865. The van der Waals surface area contributed by atoms with Gasteiger partial charge < -0.3 is 19.3 Å². The smallest absolute Gasteiger partial charge is 0.227 e. The van der Waals surface area contributed by atoms with Crippen molar-refractivity contribution in [1.82, 2.24) is 10.1 Å². The minimum Gasteiger partial charge on any atom is -0.486 e. The van der Waals surface area contributed by atoms with Crippen molar-refractivity contribution >= 4 is 21.4 Å². The molecular weight excluding hydrogens is 422 g/mol. The van der Waals surface area contributed by atoms with Crippen molar-refractivity contribution in [2.75, 3.05) is 18.5 Å². The van der Waals surface area contributed by atoms with Gasteiger partial charge in [-0.25, -0.2) is 8.42 Å². The number of benzene rings is 2. The first-order valence-corrected chi connectivity index (χ1v) is 11.3.